The summed E-state index contributed by atoms with van der Waals surface area (Å²) in [6.45, 7) is 14.4. The molecule has 5 rings (SSSR count). The summed E-state index contributed by atoms with van der Waals surface area (Å²) in [5, 5.41) is 2.67. The van der Waals surface area contributed by atoms with E-state index in [1.807, 2.05) is 32.9 Å². The van der Waals surface area contributed by atoms with E-state index in [1.54, 1.807) is 64.2 Å². The highest BCUT2D eigenvalue weighted by molar-refractivity contribution is 6.38. The molecule has 22 heteroatoms. The molecule has 0 saturated carbocycles. The number of hydrogen-bond donors (Lipinski definition) is 1. The second-order valence-corrected chi connectivity index (χ2v) is 24.4. The third-order valence-electron chi connectivity index (χ3n) is 15.0. The van der Waals surface area contributed by atoms with Gasteiger partial charge in [0.25, 0.3) is 11.8 Å². The van der Waals surface area contributed by atoms with Crippen LogP contribution in [0.3, 0.4) is 0 Å². The molecule has 6 amide bonds. The number of rotatable bonds is 9. The zero-order chi connectivity index (χ0) is 62.3. The van der Waals surface area contributed by atoms with Crippen LogP contribution in [0.25, 0.3) is 0 Å². The minimum Gasteiger partial charge on any atom is -0.493 e. The van der Waals surface area contributed by atoms with Gasteiger partial charge in [-0.2, -0.15) is 0 Å². The first kappa shape index (κ1) is 67.7. The van der Waals surface area contributed by atoms with Gasteiger partial charge in [0.05, 0.1) is 44.1 Å². The highest BCUT2D eigenvalue weighted by Gasteiger charge is 2.45. The number of piperidine rings is 1. The number of aryl methyl sites for hydroxylation is 1. The van der Waals surface area contributed by atoms with Gasteiger partial charge in [0, 0.05) is 48.3 Å². The summed E-state index contributed by atoms with van der Waals surface area (Å²) in [6.07, 6.45) is 5.54. The van der Waals surface area contributed by atoms with Crippen LogP contribution in [0.1, 0.15) is 132 Å². The summed E-state index contributed by atoms with van der Waals surface area (Å²) >= 11 is 0. The number of methoxy groups -OCH3 is 2. The molecular formula is C62H92N6O16. The van der Waals surface area contributed by atoms with E-state index < -0.39 is 113 Å². The Morgan fingerprint density at radius 3 is 1.98 bits per heavy atom. The average Bonchev–Trinajstić information content (AvgIpc) is 4.22. The molecule has 2 bridgehead atoms. The lowest BCUT2D eigenvalue weighted by molar-refractivity contribution is -0.165. The van der Waals surface area contributed by atoms with Crippen molar-refractivity contribution in [2.24, 2.45) is 5.41 Å². The first-order chi connectivity index (χ1) is 39.5. The molecule has 0 spiro atoms. The summed E-state index contributed by atoms with van der Waals surface area (Å²) in [5.74, 6) is -4.78. The van der Waals surface area contributed by atoms with Crippen LogP contribution in [0.4, 0.5) is 0 Å². The normalized spacial score (nSPS) is 24.5. The fraction of sp³-hybridized carbons (Fsp3) is 0.629. The smallest absolute Gasteiger partial charge is 0.330 e. The molecule has 2 fully saturated rings. The third-order valence-corrected chi connectivity index (χ3v) is 15.0. The van der Waals surface area contributed by atoms with Crippen molar-refractivity contribution >= 4 is 53.2 Å². The first-order valence-corrected chi connectivity index (χ1v) is 29.0. The van der Waals surface area contributed by atoms with Crippen molar-refractivity contribution in [2.75, 3.05) is 81.4 Å². The number of amides is 6. The maximum absolute atomic E-state index is 14.9. The number of carbonyl (C=O) groups is 9. The van der Waals surface area contributed by atoms with E-state index >= 15 is 0 Å². The molecule has 6 atom stereocenters. The van der Waals surface area contributed by atoms with Crippen molar-refractivity contribution in [1.29, 1.82) is 0 Å². The van der Waals surface area contributed by atoms with Crippen molar-refractivity contribution < 1.29 is 77.7 Å². The summed E-state index contributed by atoms with van der Waals surface area (Å²) in [7, 11) is 7.55. The van der Waals surface area contributed by atoms with Gasteiger partial charge >= 0.3 is 11.9 Å². The number of benzene rings is 2. The molecule has 84 heavy (non-hydrogen) atoms. The molecular weight excluding hydrogens is 1080 g/mol. The number of nitrogens with zero attached hydrogens (tertiary/aromatic N) is 5. The van der Waals surface area contributed by atoms with Gasteiger partial charge in [-0.3, -0.25) is 33.6 Å². The Bertz CT molecular complexity index is 2710. The molecule has 1 N–H and O–H groups in total. The van der Waals surface area contributed by atoms with E-state index in [1.165, 1.54) is 79.7 Å². The number of cyclic esters (lactones) is 2. The molecule has 2 aromatic carbocycles. The number of Topliss-reactive ketones (excluding diaryl/α,β-unsaturated/α-hetero) is 1. The minimum atomic E-state index is -1.47. The van der Waals surface area contributed by atoms with Crippen molar-refractivity contribution in [1.82, 2.24) is 29.8 Å². The lowest BCUT2D eigenvalue weighted by Gasteiger charge is -2.38. The van der Waals surface area contributed by atoms with Crippen LogP contribution >= 0.6 is 0 Å². The summed E-state index contributed by atoms with van der Waals surface area (Å²) < 4.78 is 41.0. The molecule has 0 aliphatic carbocycles. The van der Waals surface area contributed by atoms with E-state index in [0.29, 0.717) is 62.0 Å². The second-order valence-electron chi connectivity index (χ2n) is 24.4. The average molecular weight is 1180 g/mol. The Morgan fingerprint density at radius 1 is 0.690 bits per heavy atom. The maximum atomic E-state index is 14.9. The largest absolute Gasteiger partial charge is 0.493 e. The van der Waals surface area contributed by atoms with Crippen LogP contribution in [0, 0.1) is 5.41 Å². The quantitative estimate of drug-likeness (QED) is 0.235. The lowest BCUT2D eigenvalue weighted by Crippen LogP contribution is -2.61. The fourth-order valence-corrected chi connectivity index (χ4v) is 10.0. The van der Waals surface area contributed by atoms with Gasteiger partial charge in [0.1, 0.15) is 48.7 Å². The highest BCUT2D eigenvalue weighted by Crippen LogP contribution is 2.33. The number of nitrogens with one attached hydrogen (secondary N) is 1. The van der Waals surface area contributed by atoms with Crippen LogP contribution in [0.15, 0.2) is 54.6 Å². The first-order valence-electron chi connectivity index (χ1n) is 29.0. The standard InChI is InChI=1S/C62H90N6O16.H2/c1-40-54(72)65(11)46(36-82-60(2,3)4)56(74)66(12)47(37-83-61(5,6)7)57(75)67-33-21-25-44(67)55(73)64(10)31-18-15-16-26-52(70)81-39-62(8,9)53(71)58(76)68-32-19-17-24-45(68)59(77)84-48(29-27-41-28-30-49(78-13)50(34-41)79-14)42-22-20-23-43(35-42)80-38-51(69)63-40;/h16,20,22-23,26,28,30,34-35,40,44-48H,15,17-19,21,24-25,27,29,31-33,36-39H2,1-14H3,(H,63,69);1H/b26-16-;/t40-,44-,45-,46-,47-,48+;/m0./s1. The topological polar surface area (TPSA) is 246 Å². The summed E-state index contributed by atoms with van der Waals surface area (Å²) in [4.78, 5) is 134. The number of hydrogen-bond acceptors (Lipinski definition) is 16. The van der Waals surface area contributed by atoms with E-state index in [9.17, 15) is 43.2 Å². The van der Waals surface area contributed by atoms with Gasteiger partial charge in [0.15, 0.2) is 18.1 Å². The summed E-state index contributed by atoms with van der Waals surface area (Å²) in [5.41, 5.74) is -1.64. The van der Waals surface area contributed by atoms with E-state index in [4.69, 9.17) is 33.2 Å². The number of allylic oxidation sites excluding steroid dienone is 1. The van der Waals surface area contributed by atoms with Crippen LogP contribution in [-0.2, 0) is 68.5 Å². The molecule has 2 saturated heterocycles. The second kappa shape index (κ2) is 30.1. The molecule has 22 nitrogen and oxygen atoms in total. The van der Waals surface area contributed by atoms with Crippen molar-refractivity contribution in [3.05, 3.63) is 65.7 Å². The Labute approximate surface area is 496 Å². The SMILES string of the molecule is COc1ccc(CC[C@H]2OC(=O)[C@@H]3CCCCN3C(=O)C(=O)C(C)(C)COC(=O)/C=C\CCCN(C)C(=O)[C@@H]3CCCN3C(=O)[C@H](COC(C)(C)C)N(C)C(=O)[C@H](COC(C)(C)C)N(C)C(=O)[C@H](C)NC(=O)COc3cccc2c3)cc1OC.[HH]. The monoisotopic (exact) mass is 1180 g/mol. The molecule has 0 unspecified atom stereocenters. The Morgan fingerprint density at radius 2 is 1.32 bits per heavy atom. The number of carbonyl (C=O) groups excluding carboxylic acids is 9. The summed E-state index contributed by atoms with van der Waals surface area (Å²) in [6, 6.07) is 6.41. The number of fused-ring (bicyclic) bond motifs is 4. The number of esters is 2. The number of likely N-dealkylation sites (N-methyl/N-ethyl adjacent to an activating group) is 3. The van der Waals surface area contributed by atoms with Gasteiger partial charge < -0.3 is 63.0 Å². The predicted molar refractivity (Wildman–Crippen MR) is 313 cm³/mol. The third kappa shape index (κ3) is 19.0. The molecule has 0 aromatic heterocycles. The van der Waals surface area contributed by atoms with Gasteiger partial charge in [-0.15, -0.1) is 0 Å². The van der Waals surface area contributed by atoms with Gasteiger partial charge in [0.2, 0.25) is 29.4 Å². The Hall–Kier alpha value is -7.07. The lowest BCUT2D eigenvalue weighted by atomic mass is 9.87. The van der Waals surface area contributed by atoms with Gasteiger partial charge in [-0.1, -0.05) is 24.3 Å². The highest BCUT2D eigenvalue weighted by atomic mass is 16.5. The number of ketones is 1. The van der Waals surface area contributed by atoms with Crippen LogP contribution in [0.2, 0.25) is 0 Å². The molecule has 0 radical (unpaired) electrons. The van der Waals surface area contributed by atoms with Crippen molar-refractivity contribution in [3.8, 4) is 17.2 Å². The maximum Gasteiger partial charge on any atom is 0.330 e. The molecule has 3 aliphatic heterocycles. The van der Waals surface area contributed by atoms with Gasteiger partial charge in [-0.25, -0.2) is 9.59 Å². The molecule has 3 aliphatic rings. The van der Waals surface area contributed by atoms with Gasteiger partial charge in [-0.05, 0) is 155 Å². The van der Waals surface area contributed by atoms with Crippen LogP contribution < -0.4 is 19.5 Å². The van der Waals surface area contributed by atoms with Crippen LogP contribution in [0.5, 0.6) is 17.2 Å². The van der Waals surface area contributed by atoms with Crippen molar-refractivity contribution in [3.63, 3.8) is 0 Å². The zero-order valence-corrected chi connectivity index (χ0v) is 51.7. The Kier molecular flexibility index (Phi) is 24.3. The molecule has 2 aromatic rings. The molecule has 3 heterocycles. The minimum absolute atomic E-state index is 0. The van der Waals surface area contributed by atoms with Crippen molar-refractivity contribution in [2.45, 2.75) is 168 Å². The number of ether oxygens (including phenoxy) is 7. The van der Waals surface area contributed by atoms with Crippen LogP contribution in [-0.4, -0.2) is 201 Å². The van der Waals surface area contributed by atoms with E-state index in [0.717, 1.165) is 5.56 Å². The zero-order valence-electron chi connectivity index (χ0n) is 51.7. The fourth-order valence-electron chi connectivity index (χ4n) is 10.0. The van der Waals surface area contributed by atoms with E-state index in [-0.39, 0.29) is 58.8 Å². The Balaban J connectivity index is 0.0000155. The molecule has 466 valence electrons. The van der Waals surface area contributed by atoms with E-state index in [2.05, 4.69) is 5.32 Å². The predicted octanol–water partition coefficient (Wildman–Crippen LogP) is 5.65.